The topological polar surface area (TPSA) is 84.7 Å². The summed E-state index contributed by atoms with van der Waals surface area (Å²) in [6.45, 7) is 1.86. The molecule has 7 heteroatoms. The largest absolute Gasteiger partial charge is 0.336 e. The van der Waals surface area contributed by atoms with E-state index >= 15 is 0 Å². The van der Waals surface area contributed by atoms with Crippen molar-refractivity contribution in [2.45, 2.75) is 25.8 Å². The lowest BCUT2D eigenvalue weighted by atomic mass is 10.1. The highest BCUT2D eigenvalue weighted by Crippen LogP contribution is 2.40. The fourth-order valence-corrected chi connectivity index (χ4v) is 3.18. The normalized spacial score (nSPS) is 14.6. The van der Waals surface area contributed by atoms with Crippen molar-refractivity contribution in [3.63, 3.8) is 0 Å². The van der Waals surface area contributed by atoms with E-state index in [4.69, 9.17) is 0 Å². The Balaban J connectivity index is 1.48. The number of hydrogen-bond donors (Lipinski definition) is 2. The summed E-state index contributed by atoms with van der Waals surface area (Å²) in [5.41, 5.74) is 2.48. The van der Waals surface area contributed by atoms with Crippen LogP contribution < -0.4 is 10.6 Å². The molecule has 1 aliphatic rings. The third kappa shape index (κ3) is 3.97. The molecule has 0 unspecified atom stereocenters. The first-order chi connectivity index (χ1) is 13.1. The standard InChI is InChI=1S/C20H22N6O/c1-13-21-9-8-17(23-13)15-4-3-5-16(12-15)24-20(27)25-18(14-6-7-14)19-22-10-11-26(19)2/h3-5,8-12,14,18H,6-7H2,1-2H3,(H2,24,25,27)/t18-/m1/s1. The molecule has 0 spiro atoms. The summed E-state index contributed by atoms with van der Waals surface area (Å²) in [7, 11) is 1.95. The summed E-state index contributed by atoms with van der Waals surface area (Å²) in [4.78, 5) is 25.5. The molecule has 27 heavy (non-hydrogen) atoms. The number of urea groups is 1. The second-order valence-corrected chi connectivity index (χ2v) is 6.88. The van der Waals surface area contributed by atoms with Crippen LogP contribution in [0.25, 0.3) is 11.3 Å². The molecule has 2 N–H and O–H groups in total. The van der Waals surface area contributed by atoms with Gasteiger partial charge in [-0.05, 0) is 43.9 Å². The maximum absolute atomic E-state index is 12.6. The molecule has 0 radical (unpaired) electrons. The lowest BCUT2D eigenvalue weighted by Gasteiger charge is -2.18. The number of anilines is 1. The molecule has 0 saturated heterocycles. The second kappa shape index (κ2) is 7.19. The number of carbonyl (C=O) groups excluding carboxylic acids is 1. The molecule has 2 amide bonds. The van der Waals surface area contributed by atoms with Gasteiger partial charge in [-0.3, -0.25) is 0 Å². The highest BCUT2D eigenvalue weighted by molar-refractivity contribution is 5.90. The van der Waals surface area contributed by atoms with Crippen LogP contribution in [0, 0.1) is 12.8 Å². The van der Waals surface area contributed by atoms with Crippen LogP contribution in [0.1, 0.15) is 30.5 Å². The number of rotatable bonds is 5. The van der Waals surface area contributed by atoms with E-state index in [2.05, 4.69) is 25.6 Å². The number of carbonyl (C=O) groups is 1. The Morgan fingerprint density at radius 2 is 2.07 bits per heavy atom. The number of amides is 2. The molecule has 2 heterocycles. The van der Waals surface area contributed by atoms with Gasteiger partial charge in [0, 0.05) is 36.9 Å². The molecule has 1 saturated carbocycles. The van der Waals surface area contributed by atoms with Gasteiger partial charge in [0.15, 0.2) is 0 Å². The van der Waals surface area contributed by atoms with Crippen LogP contribution >= 0.6 is 0 Å². The predicted octanol–water partition coefficient (Wildman–Crippen LogP) is 3.46. The fraction of sp³-hybridized carbons (Fsp3) is 0.300. The molecular formula is C20H22N6O. The van der Waals surface area contributed by atoms with Gasteiger partial charge >= 0.3 is 6.03 Å². The minimum Gasteiger partial charge on any atom is -0.336 e. The Bertz CT molecular complexity index is 962. The first kappa shape index (κ1) is 17.2. The zero-order chi connectivity index (χ0) is 18.8. The number of aryl methyl sites for hydroxylation is 2. The highest BCUT2D eigenvalue weighted by Gasteiger charge is 2.35. The number of aromatic nitrogens is 4. The molecule has 7 nitrogen and oxygen atoms in total. The van der Waals surface area contributed by atoms with Crippen molar-refractivity contribution in [2.75, 3.05) is 5.32 Å². The third-order valence-electron chi connectivity index (χ3n) is 4.71. The maximum atomic E-state index is 12.6. The van der Waals surface area contributed by atoms with Gasteiger partial charge in [0.2, 0.25) is 0 Å². The molecule has 138 valence electrons. The van der Waals surface area contributed by atoms with Gasteiger partial charge in [0.05, 0.1) is 11.7 Å². The molecule has 2 aromatic heterocycles. The molecule has 0 bridgehead atoms. The number of hydrogen-bond acceptors (Lipinski definition) is 4. The van der Waals surface area contributed by atoms with Gasteiger partial charge in [0.1, 0.15) is 11.6 Å². The van der Waals surface area contributed by atoms with Crippen LogP contribution in [-0.4, -0.2) is 25.6 Å². The van der Waals surface area contributed by atoms with E-state index in [0.29, 0.717) is 11.7 Å². The summed E-state index contributed by atoms with van der Waals surface area (Å²) in [5.74, 6) is 2.05. The van der Waals surface area contributed by atoms with Gasteiger partial charge < -0.3 is 15.2 Å². The fourth-order valence-electron chi connectivity index (χ4n) is 3.18. The molecule has 1 aromatic carbocycles. The van der Waals surface area contributed by atoms with Crippen LogP contribution in [0.4, 0.5) is 10.5 Å². The summed E-state index contributed by atoms with van der Waals surface area (Å²) in [6, 6.07) is 9.20. The smallest absolute Gasteiger partial charge is 0.319 e. The second-order valence-electron chi connectivity index (χ2n) is 6.88. The molecule has 0 aliphatic heterocycles. The Labute approximate surface area is 157 Å². The van der Waals surface area contributed by atoms with Crippen LogP contribution in [-0.2, 0) is 7.05 Å². The zero-order valence-electron chi connectivity index (χ0n) is 15.4. The van der Waals surface area contributed by atoms with Crippen LogP contribution in [0.5, 0.6) is 0 Å². The van der Waals surface area contributed by atoms with Gasteiger partial charge in [-0.2, -0.15) is 0 Å². The number of imidazole rings is 1. The van der Waals surface area contributed by atoms with Crippen LogP contribution in [0.3, 0.4) is 0 Å². The van der Waals surface area contributed by atoms with Crippen molar-refractivity contribution < 1.29 is 4.79 Å². The van der Waals surface area contributed by atoms with Gasteiger partial charge in [-0.15, -0.1) is 0 Å². The van der Waals surface area contributed by atoms with Crippen molar-refractivity contribution in [2.24, 2.45) is 13.0 Å². The van der Waals surface area contributed by atoms with Crippen molar-refractivity contribution in [1.29, 1.82) is 0 Å². The Morgan fingerprint density at radius 3 is 2.78 bits per heavy atom. The average Bonchev–Trinajstić information content (AvgIpc) is 3.41. The predicted molar refractivity (Wildman–Crippen MR) is 103 cm³/mol. The lowest BCUT2D eigenvalue weighted by molar-refractivity contribution is 0.246. The summed E-state index contributed by atoms with van der Waals surface area (Å²) < 4.78 is 1.96. The minimum absolute atomic E-state index is 0.0716. The molecule has 1 aliphatic carbocycles. The highest BCUT2D eigenvalue weighted by atomic mass is 16.2. The quantitative estimate of drug-likeness (QED) is 0.728. The lowest BCUT2D eigenvalue weighted by Crippen LogP contribution is -2.35. The maximum Gasteiger partial charge on any atom is 0.319 e. The molecule has 1 atom stereocenters. The third-order valence-corrected chi connectivity index (χ3v) is 4.71. The number of nitrogens with one attached hydrogen (secondary N) is 2. The van der Waals surface area contributed by atoms with Crippen molar-refractivity contribution in [3.05, 3.63) is 60.6 Å². The summed E-state index contributed by atoms with van der Waals surface area (Å²) >= 11 is 0. The van der Waals surface area contributed by atoms with E-state index in [1.807, 2.05) is 55.1 Å². The number of benzene rings is 1. The molecule has 4 rings (SSSR count). The number of nitrogens with zero attached hydrogens (tertiary/aromatic N) is 4. The van der Waals surface area contributed by atoms with E-state index in [1.54, 1.807) is 12.4 Å². The van der Waals surface area contributed by atoms with Gasteiger partial charge in [-0.1, -0.05) is 12.1 Å². The van der Waals surface area contributed by atoms with Crippen molar-refractivity contribution in [1.82, 2.24) is 24.8 Å². The first-order valence-electron chi connectivity index (χ1n) is 9.05. The first-order valence-corrected chi connectivity index (χ1v) is 9.05. The van der Waals surface area contributed by atoms with Crippen molar-refractivity contribution in [3.8, 4) is 11.3 Å². The van der Waals surface area contributed by atoms with E-state index in [1.165, 1.54) is 0 Å². The summed E-state index contributed by atoms with van der Waals surface area (Å²) in [5, 5.41) is 6.01. The average molecular weight is 362 g/mol. The Morgan fingerprint density at radius 1 is 1.22 bits per heavy atom. The molecular weight excluding hydrogens is 340 g/mol. The molecule has 3 aromatic rings. The van der Waals surface area contributed by atoms with Crippen LogP contribution in [0.15, 0.2) is 48.9 Å². The van der Waals surface area contributed by atoms with E-state index in [9.17, 15) is 4.79 Å². The Hall–Kier alpha value is -3.22. The molecule has 1 fully saturated rings. The van der Waals surface area contributed by atoms with Crippen molar-refractivity contribution >= 4 is 11.7 Å². The Kier molecular flexibility index (Phi) is 4.58. The zero-order valence-corrected chi connectivity index (χ0v) is 15.4. The van der Waals surface area contributed by atoms with E-state index in [-0.39, 0.29) is 12.1 Å². The van der Waals surface area contributed by atoms with Crippen LogP contribution in [0.2, 0.25) is 0 Å². The van der Waals surface area contributed by atoms with Gasteiger partial charge in [0.25, 0.3) is 0 Å². The SMILES string of the molecule is Cc1nccc(-c2cccc(NC(=O)N[C@@H](c3nccn3C)C3CC3)c2)n1. The van der Waals surface area contributed by atoms with E-state index < -0.39 is 0 Å². The van der Waals surface area contributed by atoms with Gasteiger partial charge in [-0.25, -0.2) is 19.7 Å². The monoisotopic (exact) mass is 362 g/mol. The summed E-state index contributed by atoms with van der Waals surface area (Å²) in [6.07, 6.45) is 7.62. The van der Waals surface area contributed by atoms with E-state index in [0.717, 1.165) is 35.6 Å². The minimum atomic E-state index is -0.231.